The Morgan fingerprint density at radius 1 is 1.36 bits per heavy atom. The van der Waals surface area contributed by atoms with E-state index in [-0.39, 0.29) is 6.17 Å². The van der Waals surface area contributed by atoms with Crippen molar-refractivity contribution < 1.29 is 0 Å². The number of hydrogen-bond acceptors (Lipinski definition) is 2. The maximum absolute atomic E-state index is 5.61. The van der Waals surface area contributed by atoms with Gasteiger partial charge in [-0.1, -0.05) is 20.8 Å². The fourth-order valence-corrected chi connectivity index (χ4v) is 1.11. The molecule has 2 nitrogen and oxygen atoms in total. The van der Waals surface area contributed by atoms with Crippen LogP contribution in [0.2, 0.25) is 0 Å². The van der Waals surface area contributed by atoms with Crippen molar-refractivity contribution in [3.05, 3.63) is 6.42 Å². The van der Waals surface area contributed by atoms with Crippen molar-refractivity contribution in [3.8, 4) is 0 Å². The second-order valence-electron chi connectivity index (χ2n) is 3.41. The first-order valence-electron chi connectivity index (χ1n) is 4.42. The third kappa shape index (κ3) is 6.32. The summed E-state index contributed by atoms with van der Waals surface area (Å²) in [4.78, 5) is 0. The summed E-state index contributed by atoms with van der Waals surface area (Å²) < 4.78 is 0. The summed E-state index contributed by atoms with van der Waals surface area (Å²) in [5.41, 5.74) is 5.61. The zero-order chi connectivity index (χ0) is 8.85. The van der Waals surface area contributed by atoms with E-state index in [1.54, 1.807) is 0 Å². The third-order valence-electron chi connectivity index (χ3n) is 1.53. The van der Waals surface area contributed by atoms with Gasteiger partial charge < -0.3 is 5.73 Å². The standard InChI is InChI=1S/C9H21N2/c1-5-9(6-7(2)3)11-8(4)10/h6-9,11H,5,10H2,1-4H3. The molecule has 0 aliphatic rings. The molecule has 0 saturated carbocycles. The van der Waals surface area contributed by atoms with Crippen LogP contribution in [-0.4, -0.2) is 12.2 Å². The predicted octanol–water partition coefficient (Wildman–Crippen LogP) is 1.52. The first-order valence-corrected chi connectivity index (χ1v) is 4.42. The van der Waals surface area contributed by atoms with Crippen LogP contribution in [0.4, 0.5) is 0 Å². The van der Waals surface area contributed by atoms with E-state index in [1.807, 2.05) is 6.92 Å². The second-order valence-corrected chi connectivity index (χ2v) is 3.41. The highest BCUT2D eigenvalue weighted by atomic mass is 15.0. The minimum atomic E-state index is 0.0925. The molecule has 2 unspecified atom stereocenters. The number of rotatable bonds is 5. The zero-order valence-electron chi connectivity index (χ0n) is 8.09. The van der Waals surface area contributed by atoms with E-state index in [4.69, 9.17) is 5.73 Å². The molecule has 0 aliphatic heterocycles. The molecule has 2 atom stereocenters. The van der Waals surface area contributed by atoms with Gasteiger partial charge in [-0.05, 0) is 25.7 Å². The first-order chi connectivity index (χ1) is 5.06. The van der Waals surface area contributed by atoms with E-state index in [2.05, 4.69) is 32.5 Å². The molecule has 0 heterocycles. The second kappa shape index (κ2) is 5.56. The van der Waals surface area contributed by atoms with E-state index in [1.165, 1.54) is 0 Å². The van der Waals surface area contributed by atoms with Gasteiger partial charge in [0, 0.05) is 6.04 Å². The van der Waals surface area contributed by atoms with Crippen molar-refractivity contribution in [3.63, 3.8) is 0 Å². The Kier molecular flexibility index (Phi) is 5.51. The monoisotopic (exact) mass is 157 g/mol. The molecule has 0 bridgehead atoms. The van der Waals surface area contributed by atoms with Crippen molar-refractivity contribution in [2.45, 2.75) is 46.3 Å². The molecule has 0 saturated heterocycles. The van der Waals surface area contributed by atoms with Crippen molar-refractivity contribution in [2.24, 2.45) is 11.7 Å². The first kappa shape index (κ1) is 10.9. The molecule has 0 fully saturated rings. The minimum absolute atomic E-state index is 0.0925. The molecule has 2 heteroatoms. The highest BCUT2D eigenvalue weighted by Crippen LogP contribution is 2.05. The smallest absolute Gasteiger partial charge is 0.0519 e. The summed E-state index contributed by atoms with van der Waals surface area (Å²) in [6, 6.07) is 0.468. The van der Waals surface area contributed by atoms with Gasteiger partial charge in [0.15, 0.2) is 0 Å². The van der Waals surface area contributed by atoms with Crippen LogP contribution in [0.1, 0.15) is 34.1 Å². The summed E-state index contributed by atoms with van der Waals surface area (Å²) in [6.45, 7) is 8.51. The summed E-state index contributed by atoms with van der Waals surface area (Å²) in [5, 5.41) is 3.28. The summed E-state index contributed by atoms with van der Waals surface area (Å²) >= 11 is 0. The molecule has 0 spiro atoms. The number of hydrogen-bond donors (Lipinski definition) is 2. The molecule has 67 valence electrons. The van der Waals surface area contributed by atoms with Crippen molar-refractivity contribution in [2.75, 3.05) is 0 Å². The zero-order valence-corrected chi connectivity index (χ0v) is 8.09. The lowest BCUT2D eigenvalue weighted by atomic mass is 10.0. The molecule has 0 rings (SSSR count). The Morgan fingerprint density at radius 2 is 1.91 bits per heavy atom. The van der Waals surface area contributed by atoms with E-state index < -0.39 is 0 Å². The Labute approximate surface area is 70.5 Å². The Morgan fingerprint density at radius 3 is 2.18 bits per heavy atom. The van der Waals surface area contributed by atoms with Gasteiger partial charge in [0.2, 0.25) is 0 Å². The van der Waals surface area contributed by atoms with Gasteiger partial charge in [0.1, 0.15) is 0 Å². The van der Waals surface area contributed by atoms with Gasteiger partial charge >= 0.3 is 0 Å². The Hall–Kier alpha value is -0.0800. The molecule has 0 aromatic heterocycles. The predicted molar refractivity (Wildman–Crippen MR) is 50.0 cm³/mol. The Balaban J connectivity index is 3.58. The molecule has 0 aromatic rings. The van der Waals surface area contributed by atoms with Crippen LogP contribution in [0.5, 0.6) is 0 Å². The highest BCUT2D eigenvalue weighted by Gasteiger charge is 2.09. The van der Waals surface area contributed by atoms with Crippen LogP contribution in [0.15, 0.2) is 0 Å². The van der Waals surface area contributed by atoms with Crippen LogP contribution in [0, 0.1) is 12.3 Å². The fraction of sp³-hybridized carbons (Fsp3) is 0.889. The average molecular weight is 157 g/mol. The lowest BCUT2D eigenvalue weighted by Crippen LogP contribution is -2.42. The third-order valence-corrected chi connectivity index (χ3v) is 1.53. The Bertz CT molecular complexity index is 79.6. The van der Waals surface area contributed by atoms with Gasteiger partial charge in [-0.25, -0.2) is 0 Å². The highest BCUT2D eigenvalue weighted by molar-refractivity contribution is 4.84. The molecule has 0 aliphatic carbocycles. The molecule has 1 radical (unpaired) electrons. The van der Waals surface area contributed by atoms with Crippen LogP contribution in [-0.2, 0) is 0 Å². The SMILES string of the molecule is CCC([CH]C(C)C)NC(C)N. The normalized spacial score (nSPS) is 16.9. The van der Waals surface area contributed by atoms with Gasteiger partial charge in [-0.2, -0.15) is 0 Å². The van der Waals surface area contributed by atoms with Crippen LogP contribution in [0.25, 0.3) is 0 Å². The average Bonchev–Trinajstić information content (AvgIpc) is 1.84. The van der Waals surface area contributed by atoms with E-state index in [0.717, 1.165) is 6.42 Å². The van der Waals surface area contributed by atoms with E-state index in [0.29, 0.717) is 12.0 Å². The van der Waals surface area contributed by atoms with Crippen molar-refractivity contribution in [1.82, 2.24) is 5.32 Å². The topological polar surface area (TPSA) is 38.0 Å². The molecule has 3 N–H and O–H groups in total. The molecular weight excluding hydrogens is 136 g/mol. The van der Waals surface area contributed by atoms with Gasteiger partial charge in [-0.3, -0.25) is 5.32 Å². The van der Waals surface area contributed by atoms with Gasteiger partial charge in [0.25, 0.3) is 0 Å². The van der Waals surface area contributed by atoms with Crippen LogP contribution in [0.3, 0.4) is 0 Å². The van der Waals surface area contributed by atoms with E-state index >= 15 is 0 Å². The lowest BCUT2D eigenvalue weighted by Gasteiger charge is -2.20. The maximum atomic E-state index is 5.61. The minimum Gasteiger partial charge on any atom is -0.316 e. The summed E-state index contributed by atoms with van der Waals surface area (Å²) in [5.74, 6) is 0.631. The fourth-order valence-electron chi connectivity index (χ4n) is 1.11. The van der Waals surface area contributed by atoms with E-state index in [9.17, 15) is 0 Å². The molecule has 0 aromatic carbocycles. The molecule has 11 heavy (non-hydrogen) atoms. The van der Waals surface area contributed by atoms with Crippen molar-refractivity contribution in [1.29, 1.82) is 0 Å². The van der Waals surface area contributed by atoms with Crippen molar-refractivity contribution >= 4 is 0 Å². The largest absolute Gasteiger partial charge is 0.316 e. The maximum Gasteiger partial charge on any atom is 0.0519 e. The van der Waals surface area contributed by atoms with Crippen LogP contribution < -0.4 is 11.1 Å². The van der Waals surface area contributed by atoms with Crippen LogP contribution >= 0.6 is 0 Å². The van der Waals surface area contributed by atoms with Gasteiger partial charge in [0.05, 0.1) is 6.17 Å². The number of nitrogens with one attached hydrogen (secondary N) is 1. The quantitative estimate of drug-likeness (QED) is 0.594. The summed E-state index contributed by atoms with van der Waals surface area (Å²) in [6.07, 6.45) is 3.50. The summed E-state index contributed by atoms with van der Waals surface area (Å²) in [7, 11) is 0. The number of nitrogens with two attached hydrogens (primary N) is 1. The molecular formula is C9H21N2. The lowest BCUT2D eigenvalue weighted by molar-refractivity contribution is 0.451. The molecule has 0 amide bonds. The van der Waals surface area contributed by atoms with Gasteiger partial charge in [-0.15, -0.1) is 0 Å².